The normalized spacial score (nSPS) is 17.3. The van der Waals surface area contributed by atoms with Gasteiger partial charge in [0, 0.05) is 43.8 Å². The van der Waals surface area contributed by atoms with Crippen LogP contribution in [0.1, 0.15) is 49.0 Å². The maximum Gasteiger partial charge on any atom is 0.257 e. The van der Waals surface area contributed by atoms with Gasteiger partial charge in [0.25, 0.3) is 5.91 Å². The highest BCUT2D eigenvalue weighted by atomic mass is 16.5. The van der Waals surface area contributed by atoms with Gasteiger partial charge in [0.05, 0.1) is 24.6 Å². The first-order chi connectivity index (χ1) is 18.0. The SMILES string of the molecule is COCCN1CCCCN(C(=O)Cc2c[nH]c3ccccc23)[C@@H](CC(C)C)COc2ccccc2C1=O. The first kappa shape index (κ1) is 26.7. The van der Waals surface area contributed by atoms with Gasteiger partial charge in [-0.25, -0.2) is 0 Å². The lowest BCUT2D eigenvalue weighted by Crippen LogP contribution is -2.46. The molecule has 0 bridgehead atoms. The van der Waals surface area contributed by atoms with Gasteiger partial charge in [0.1, 0.15) is 12.4 Å². The zero-order chi connectivity index (χ0) is 26.2. The van der Waals surface area contributed by atoms with Crippen LogP contribution >= 0.6 is 0 Å². The van der Waals surface area contributed by atoms with Gasteiger partial charge < -0.3 is 24.3 Å². The molecule has 1 aromatic heterocycles. The second kappa shape index (κ2) is 12.8. The number of aromatic amines is 1. The number of amides is 2. The van der Waals surface area contributed by atoms with E-state index in [9.17, 15) is 9.59 Å². The van der Waals surface area contributed by atoms with Gasteiger partial charge in [0.15, 0.2) is 0 Å². The highest BCUT2D eigenvalue weighted by molar-refractivity contribution is 5.97. The molecule has 0 unspecified atom stereocenters. The van der Waals surface area contributed by atoms with Gasteiger partial charge >= 0.3 is 0 Å². The number of rotatable bonds is 7. The Kier molecular flexibility index (Phi) is 9.23. The summed E-state index contributed by atoms with van der Waals surface area (Å²) in [5, 5.41) is 1.09. The molecule has 1 atom stereocenters. The van der Waals surface area contributed by atoms with E-state index in [1.807, 2.05) is 58.5 Å². The van der Waals surface area contributed by atoms with Crippen molar-refractivity contribution in [3.8, 4) is 5.75 Å². The lowest BCUT2D eigenvalue weighted by Gasteiger charge is -2.34. The number of carbonyl (C=O) groups is 2. The van der Waals surface area contributed by atoms with Crippen molar-refractivity contribution < 1.29 is 19.1 Å². The van der Waals surface area contributed by atoms with Gasteiger partial charge in [-0.2, -0.15) is 0 Å². The minimum Gasteiger partial charge on any atom is -0.491 e. The van der Waals surface area contributed by atoms with Gasteiger partial charge in [-0.05, 0) is 48.9 Å². The molecule has 2 amide bonds. The van der Waals surface area contributed by atoms with Crippen molar-refractivity contribution in [3.05, 3.63) is 65.9 Å². The van der Waals surface area contributed by atoms with E-state index < -0.39 is 0 Å². The number of hydrogen-bond acceptors (Lipinski definition) is 4. The molecule has 2 heterocycles. The highest BCUT2D eigenvalue weighted by Gasteiger charge is 2.28. The van der Waals surface area contributed by atoms with Crippen LogP contribution in [0.15, 0.2) is 54.7 Å². The molecule has 0 spiro atoms. The largest absolute Gasteiger partial charge is 0.491 e. The third-order valence-electron chi connectivity index (χ3n) is 7.00. The number of nitrogens with zero attached hydrogens (tertiary/aromatic N) is 2. The maximum absolute atomic E-state index is 13.8. The summed E-state index contributed by atoms with van der Waals surface area (Å²) in [6.07, 6.45) is 4.74. The molecule has 37 heavy (non-hydrogen) atoms. The second-order valence-electron chi connectivity index (χ2n) is 10.2. The van der Waals surface area contributed by atoms with Crippen LogP contribution in [0, 0.1) is 5.92 Å². The summed E-state index contributed by atoms with van der Waals surface area (Å²) in [6, 6.07) is 15.4. The highest BCUT2D eigenvalue weighted by Crippen LogP contribution is 2.25. The number of ether oxygens (including phenoxy) is 2. The molecular formula is C30H39N3O4. The molecule has 2 aromatic carbocycles. The second-order valence-corrected chi connectivity index (χ2v) is 10.2. The van der Waals surface area contributed by atoms with E-state index in [1.54, 1.807) is 7.11 Å². The summed E-state index contributed by atoms with van der Waals surface area (Å²) in [7, 11) is 1.64. The molecule has 3 aromatic rings. The molecule has 0 saturated carbocycles. The van der Waals surface area contributed by atoms with Crippen molar-refractivity contribution in [2.45, 2.75) is 45.6 Å². The third kappa shape index (κ3) is 6.72. The molecular weight excluding hydrogens is 466 g/mol. The van der Waals surface area contributed by atoms with E-state index in [4.69, 9.17) is 9.47 Å². The van der Waals surface area contributed by atoms with Crippen LogP contribution in [0.5, 0.6) is 5.75 Å². The Morgan fingerprint density at radius 2 is 1.86 bits per heavy atom. The van der Waals surface area contributed by atoms with Crippen molar-refractivity contribution in [3.63, 3.8) is 0 Å². The van der Waals surface area contributed by atoms with Crippen molar-refractivity contribution >= 4 is 22.7 Å². The number of hydrogen-bond donors (Lipinski definition) is 1. The van der Waals surface area contributed by atoms with Crippen LogP contribution in [0.25, 0.3) is 10.9 Å². The fourth-order valence-electron chi connectivity index (χ4n) is 5.11. The van der Waals surface area contributed by atoms with Crippen LogP contribution < -0.4 is 4.74 Å². The molecule has 0 saturated heterocycles. The lowest BCUT2D eigenvalue weighted by atomic mass is 10.0. The molecule has 7 heteroatoms. The first-order valence-electron chi connectivity index (χ1n) is 13.3. The van der Waals surface area contributed by atoms with E-state index in [0.717, 1.165) is 35.7 Å². The Morgan fingerprint density at radius 1 is 1.11 bits per heavy atom. The molecule has 0 fully saturated rings. The topological polar surface area (TPSA) is 74.9 Å². The van der Waals surface area contributed by atoms with E-state index in [1.165, 1.54) is 0 Å². The Balaban J connectivity index is 1.61. The molecule has 1 aliphatic rings. The van der Waals surface area contributed by atoms with Crippen molar-refractivity contribution in [1.82, 2.24) is 14.8 Å². The Morgan fingerprint density at radius 3 is 2.68 bits per heavy atom. The van der Waals surface area contributed by atoms with Crippen molar-refractivity contribution in [2.75, 3.05) is 40.0 Å². The smallest absolute Gasteiger partial charge is 0.257 e. The number of fused-ring (bicyclic) bond motifs is 2. The number of methoxy groups -OCH3 is 1. The lowest BCUT2D eigenvalue weighted by molar-refractivity contribution is -0.134. The number of para-hydroxylation sites is 2. The van der Waals surface area contributed by atoms with Gasteiger partial charge in [-0.15, -0.1) is 0 Å². The number of carbonyl (C=O) groups excluding carboxylic acids is 2. The zero-order valence-corrected chi connectivity index (χ0v) is 22.2. The minimum absolute atomic E-state index is 0.0408. The number of aromatic nitrogens is 1. The van der Waals surface area contributed by atoms with Crippen LogP contribution in [0.3, 0.4) is 0 Å². The fourth-order valence-corrected chi connectivity index (χ4v) is 5.11. The summed E-state index contributed by atoms with van der Waals surface area (Å²) in [5.41, 5.74) is 2.61. The monoisotopic (exact) mass is 505 g/mol. The average Bonchev–Trinajstić information content (AvgIpc) is 3.30. The standard InChI is InChI=1S/C30H39N3O4/c1-22(2)18-24-21-37-28-13-7-5-11-26(28)30(35)32(16-17-36-3)14-8-9-15-33(24)29(34)19-23-20-31-27-12-6-4-10-25(23)27/h4-7,10-13,20,22,24,31H,8-9,14-19,21H2,1-3H3/t24-/m0/s1. The summed E-state index contributed by atoms with van der Waals surface area (Å²) in [4.78, 5) is 34.3. The van der Waals surface area contributed by atoms with Crippen LogP contribution in [0.2, 0.25) is 0 Å². The Bertz CT molecular complexity index is 1190. The molecule has 1 N–H and O–H groups in total. The van der Waals surface area contributed by atoms with Crippen LogP contribution in [-0.4, -0.2) is 72.6 Å². The molecule has 0 radical (unpaired) electrons. The van der Waals surface area contributed by atoms with Crippen LogP contribution in [0.4, 0.5) is 0 Å². The number of H-pyrrole nitrogens is 1. The maximum atomic E-state index is 13.8. The average molecular weight is 506 g/mol. The van der Waals surface area contributed by atoms with Crippen molar-refractivity contribution in [1.29, 1.82) is 0 Å². The van der Waals surface area contributed by atoms with E-state index >= 15 is 0 Å². The summed E-state index contributed by atoms with van der Waals surface area (Å²) in [6.45, 7) is 6.92. The molecule has 1 aliphatic heterocycles. The Labute approximate surface area is 219 Å². The quantitative estimate of drug-likeness (QED) is 0.495. The predicted molar refractivity (Wildman–Crippen MR) is 146 cm³/mol. The summed E-state index contributed by atoms with van der Waals surface area (Å²) >= 11 is 0. The minimum atomic E-state index is -0.0788. The molecule has 0 aliphatic carbocycles. The Hall–Kier alpha value is -3.32. The van der Waals surface area contributed by atoms with E-state index in [-0.39, 0.29) is 17.9 Å². The van der Waals surface area contributed by atoms with Crippen LogP contribution in [-0.2, 0) is 16.0 Å². The third-order valence-corrected chi connectivity index (χ3v) is 7.00. The molecule has 7 nitrogen and oxygen atoms in total. The van der Waals surface area contributed by atoms with E-state index in [2.05, 4.69) is 24.9 Å². The summed E-state index contributed by atoms with van der Waals surface area (Å²) < 4.78 is 11.6. The predicted octanol–water partition coefficient (Wildman–Crippen LogP) is 4.92. The number of nitrogens with one attached hydrogen (secondary N) is 1. The number of benzene rings is 2. The van der Waals surface area contributed by atoms with E-state index in [0.29, 0.717) is 56.5 Å². The van der Waals surface area contributed by atoms with Gasteiger partial charge in [-0.3, -0.25) is 9.59 Å². The fraction of sp³-hybridized carbons (Fsp3) is 0.467. The van der Waals surface area contributed by atoms with Crippen molar-refractivity contribution in [2.24, 2.45) is 5.92 Å². The molecule has 198 valence electrons. The first-order valence-corrected chi connectivity index (χ1v) is 13.3. The zero-order valence-electron chi connectivity index (χ0n) is 22.2. The van der Waals surface area contributed by atoms with Gasteiger partial charge in [-0.1, -0.05) is 44.2 Å². The molecule has 4 rings (SSSR count). The van der Waals surface area contributed by atoms with Gasteiger partial charge in [0.2, 0.25) is 5.91 Å². The summed E-state index contributed by atoms with van der Waals surface area (Å²) in [5.74, 6) is 1.03.